The van der Waals surface area contributed by atoms with Crippen LogP contribution in [0.2, 0.25) is 0 Å². The van der Waals surface area contributed by atoms with Crippen molar-refractivity contribution in [2.75, 3.05) is 5.73 Å². The Bertz CT molecular complexity index is 351. The van der Waals surface area contributed by atoms with Gasteiger partial charge in [0.05, 0.1) is 6.04 Å². The van der Waals surface area contributed by atoms with Gasteiger partial charge in [-0.05, 0) is 36.8 Å². The number of hydrogen-bond acceptors (Lipinski definition) is 4. The molecule has 1 aromatic heterocycles. The molecule has 0 spiro atoms. The standard InChI is InChI=1S/C11H18N4/c1-7-3-6-14-10(12)8(7)9(15-13)11(2)4-5-11/h3,6,9,15H,4-5,13H2,1-2H3,(H2,12,14). The van der Waals surface area contributed by atoms with Gasteiger partial charge in [0, 0.05) is 11.8 Å². The van der Waals surface area contributed by atoms with E-state index in [9.17, 15) is 0 Å². The molecule has 1 aromatic rings. The van der Waals surface area contributed by atoms with Gasteiger partial charge >= 0.3 is 0 Å². The number of hydrazine groups is 1. The summed E-state index contributed by atoms with van der Waals surface area (Å²) in [5, 5.41) is 0. The highest BCUT2D eigenvalue weighted by molar-refractivity contribution is 5.47. The maximum Gasteiger partial charge on any atom is 0.128 e. The molecule has 4 heteroatoms. The van der Waals surface area contributed by atoms with Crippen LogP contribution >= 0.6 is 0 Å². The number of hydrogen-bond donors (Lipinski definition) is 3. The van der Waals surface area contributed by atoms with Crippen LogP contribution in [0.3, 0.4) is 0 Å². The van der Waals surface area contributed by atoms with E-state index < -0.39 is 0 Å². The SMILES string of the molecule is Cc1ccnc(N)c1C(NN)C1(C)CC1. The Morgan fingerprint density at radius 3 is 2.67 bits per heavy atom. The molecular formula is C11H18N4. The zero-order chi connectivity index (χ0) is 11.1. The van der Waals surface area contributed by atoms with Crippen molar-refractivity contribution in [1.82, 2.24) is 10.4 Å². The molecule has 1 saturated carbocycles. The molecule has 1 fully saturated rings. The van der Waals surface area contributed by atoms with E-state index in [0.717, 1.165) is 11.1 Å². The minimum atomic E-state index is 0.117. The number of nitrogens with one attached hydrogen (secondary N) is 1. The summed E-state index contributed by atoms with van der Waals surface area (Å²) < 4.78 is 0. The van der Waals surface area contributed by atoms with Crippen molar-refractivity contribution in [2.45, 2.75) is 32.7 Å². The third kappa shape index (κ3) is 1.70. The van der Waals surface area contributed by atoms with E-state index in [1.165, 1.54) is 12.8 Å². The van der Waals surface area contributed by atoms with Gasteiger partial charge in [-0.25, -0.2) is 4.98 Å². The number of nitrogen functional groups attached to an aromatic ring is 1. The molecule has 1 unspecified atom stereocenters. The number of nitrogens with two attached hydrogens (primary N) is 2. The Labute approximate surface area is 90.0 Å². The Kier molecular flexibility index (Phi) is 2.40. The third-order valence-electron chi connectivity index (χ3n) is 3.43. The van der Waals surface area contributed by atoms with Gasteiger partial charge < -0.3 is 5.73 Å². The monoisotopic (exact) mass is 206 g/mol. The van der Waals surface area contributed by atoms with Crippen molar-refractivity contribution < 1.29 is 0 Å². The molecule has 5 N–H and O–H groups in total. The Morgan fingerprint density at radius 1 is 1.53 bits per heavy atom. The summed E-state index contributed by atoms with van der Waals surface area (Å²) in [5.41, 5.74) is 11.3. The molecule has 1 atom stereocenters. The van der Waals surface area contributed by atoms with Crippen LogP contribution in [-0.4, -0.2) is 4.98 Å². The summed E-state index contributed by atoms with van der Waals surface area (Å²) in [4.78, 5) is 4.13. The molecule has 0 saturated heterocycles. The van der Waals surface area contributed by atoms with Crippen molar-refractivity contribution in [2.24, 2.45) is 11.3 Å². The van der Waals surface area contributed by atoms with E-state index in [2.05, 4.69) is 17.3 Å². The lowest BCUT2D eigenvalue weighted by atomic mass is 9.90. The lowest BCUT2D eigenvalue weighted by Gasteiger charge is -2.25. The first-order valence-corrected chi connectivity index (χ1v) is 5.25. The molecule has 0 radical (unpaired) electrons. The first-order valence-electron chi connectivity index (χ1n) is 5.25. The predicted octanol–water partition coefficient (Wildman–Crippen LogP) is 1.28. The number of aryl methyl sites for hydroxylation is 1. The van der Waals surface area contributed by atoms with Crippen LogP contribution in [0.1, 0.15) is 36.9 Å². The summed E-state index contributed by atoms with van der Waals surface area (Å²) in [6, 6.07) is 2.09. The molecule has 2 rings (SSSR count). The number of aromatic nitrogens is 1. The van der Waals surface area contributed by atoms with Crippen molar-refractivity contribution in [3.8, 4) is 0 Å². The zero-order valence-electron chi connectivity index (χ0n) is 9.25. The minimum absolute atomic E-state index is 0.117. The van der Waals surface area contributed by atoms with Crippen molar-refractivity contribution in [3.63, 3.8) is 0 Å². The maximum atomic E-state index is 5.92. The predicted molar refractivity (Wildman–Crippen MR) is 60.8 cm³/mol. The minimum Gasteiger partial charge on any atom is -0.383 e. The van der Waals surface area contributed by atoms with E-state index >= 15 is 0 Å². The number of rotatable bonds is 3. The summed E-state index contributed by atoms with van der Waals surface area (Å²) in [5.74, 6) is 6.22. The second-order valence-corrected chi connectivity index (χ2v) is 4.68. The second-order valence-electron chi connectivity index (χ2n) is 4.68. The van der Waals surface area contributed by atoms with Crippen LogP contribution in [0.4, 0.5) is 5.82 Å². The summed E-state index contributed by atoms with van der Waals surface area (Å²) in [6.07, 6.45) is 4.11. The normalized spacial score (nSPS) is 19.9. The lowest BCUT2D eigenvalue weighted by Crippen LogP contribution is -2.34. The van der Waals surface area contributed by atoms with E-state index in [0.29, 0.717) is 5.82 Å². The van der Waals surface area contributed by atoms with Gasteiger partial charge in [0.25, 0.3) is 0 Å². The fraction of sp³-hybridized carbons (Fsp3) is 0.545. The van der Waals surface area contributed by atoms with Crippen LogP contribution in [0.25, 0.3) is 0 Å². The van der Waals surface area contributed by atoms with Crippen molar-refractivity contribution in [1.29, 1.82) is 0 Å². The average molecular weight is 206 g/mol. The van der Waals surface area contributed by atoms with Gasteiger partial charge in [0.15, 0.2) is 0 Å². The molecule has 15 heavy (non-hydrogen) atoms. The van der Waals surface area contributed by atoms with E-state index in [4.69, 9.17) is 11.6 Å². The lowest BCUT2D eigenvalue weighted by molar-refractivity contribution is 0.371. The molecule has 82 valence electrons. The molecule has 4 nitrogen and oxygen atoms in total. The van der Waals surface area contributed by atoms with Gasteiger partial charge in [-0.3, -0.25) is 11.3 Å². The highest BCUT2D eigenvalue weighted by Gasteiger charge is 2.46. The largest absolute Gasteiger partial charge is 0.383 e. The highest BCUT2D eigenvalue weighted by Crippen LogP contribution is 2.55. The third-order valence-corrected chi connectivity index (χ3v) is 3.43. The van der Waals surface area contributed by atoms with E-state index in [1.807, 2.05) is 13.0 Å². The van der Waals surface area contributed by atoms with Crippen LogP contribution in [-0.2, 0) is 0 Å². The van der Waals surface area contributed by atoms with Crippen molar-refractivity contribution >= 4 is 5.82 Å². The molecule has 0 aliphatic heterocycles. The highest BCUT2D eigenvalue weighted by atomic mass is 15.2. The van der Waals surface area contributed by atoms with Gasteiger partial charge in [-0.2, -0.15) is 0 Å². The number of nitrogens with zero attached hydrogens (tertiary/aromatic N) is 1. The fourth-order valence-electron chi connectivity index (χ4n) is 2.09. The Balaban J connectivity index is 2.42. The first-order chi connectivity index (χ1) is 7.08. The maximum absolute atomic E-state index is 5.92. The number of anilines is 1. The molecule has 0 aromatic carbocycles. The summed E-state index contributed by atoms with van der Waals surface area (Å²) in [7, 11) is 0. The zero-order valence-corrected chi connectivity index (χ0v) is 9.25. The summed E-state index contributed by atoms with van der Waals surface area (Å²) in [6.45, 7) is 4.27. The fourth-order valence-corrected chi connectivity index (χ4v) is 2.09. The van der Waals surface area contributed by atoms with E-state index in [-0.39, 0.29) is 11.5 Å². The molecule has 0 bridgehead atoms. The topological polar surface area (TPSA) is 77.0 Å². The molecule has 0 amide bonds. The quantitative estimate of drug-likeness (QED) is 0.514. The van der Waals surface area contributed by atoms with Gasteiger partial charge in [-0.1, -0.05) is 6.92 Å². The van der Waals surface area contributed by atoms with Gasteiger partial charge in [0.2, 0.25) is 0 Å². The second kappa shape index (κ2) is 3.47. The first kappa shape index (κ1) is 10.4. The molecule has 1 aliphatic carbocycles. The van der Waals surface area contributed by atoms with Crippen LogP contribution in [0.15, 0.2) is 12.3 Å². The number of pyridine rings is 1. The molecular weight excluding hydrogens is 188 g/mol. The smallest absolute Gasteiger partial charge is 0.128 e. The Hall–Kier alpha value is -1.13. The molecule has 1 heterocycles. The van der Waals surface area contributed by atoms with Crippen LogP contribution in [0.5, 0.6) is 0 Å². The molecule has 1 aliphatic rings. The Morgan fingerprint density at radius 2 is 2.20 bits per heavy atom. The van der Waals surface area contributed by atoms with E-state index in [1.54, 1.807) is 6.20 Å². The average Bonchev–Trinajstić information content (AvgIpc) is 2.91. The van der Waals surface area contributed by atoms with Gasteiger partial charge in [0.1, 0.15) is 5.82 Å². The van der Waals surface area contributed by atoms with Gasteiger partial charge in [-0.15, -0.1) is 0 Å². The van der Waals surface area contributed by atoms with Crippen LogP contribution < -0.4 is 17.0 Å². The van der Waals surface area contributed by atoms with Crippen molar-refractivity contribution in [3.05, 3.63) is 23.4 Å². The van der Waals surface area contributed by atoms with Crippen LogP contribution in [0, 0.1) is 12.3 Å². The summed E-state index contributed by atoms with van der Waals surface area (Å²) >= 11 is 0.